The van der Waals surface area contributed by atoms with E-state index >= 15 is 0 Å². The average molecular weight is 184 g/mol. The van der Waals surface area contributed by atoms with Crippen molar-refractivity contribution >= 4 is 11.6 Å². The molecule has 0 saturated carbocycles. The lowest BCUT2D eigenvalue weighted by Gasteiger charge is -2.05. The number of aromatic hydroxyl groups is 1. The molecule has 0 spiro atoms. The fourth-order valence-electron chi connectivity index (χ4n) is 1.65. The number of hydrogen-bond donors (Lipinski definition) is 2. The van der Waals surface area contributed by atoms with Crippen LogP contribution in [0, 0.1) is 0 Å². The minimum Gasteiger partial charge on any atom is -0.506 e. The number of fused-ring (bicyclic) bond motifs is 1. The SMILES string of the molecule is N[C@H]1CCc2cc(Cl)c(O)cc21. The minimum absolute atomic E-state index is 0.0724. The Morgan fingerprint density at radius 2 is 2.25 bits per heavy atom. The van der Waals surface area contributed by atoms with Crippen molar-refractivity contribution in [2.24, 2.45) is 5.73 Å². The number of benzene rings is 1. The van der Waals surface area contributed by atoms with E-state index < -0.39 is 0 Å². The summed E-state index contributed by atoms with van der Waals surface area (Å²) in [5.74, 6) is 0.132. The summed E-state index contributed by atoms with van der Waals surface area (Å²) in [6, 6.07) is 3.55. The molecule has 0 aliphatic heterocycles. The highest BCUT2D eigenvalue weighted by Gasteiger charge is 2.20. The molecule has 0 aromatic heterocycles. The molecule has 0 unspecified atom stereocenters. The first-order chi connectivity index (χ1) is 5.68. The van der Waals surface area contributed by atoms with E-state index in [1.165, 1.54) is 5.56 Å². The Morgan fingerprint density at radius 3 is 3.00 bits per heavy atom. The van der Waals surface area contributed by atoms with E-state index in [4.69, 9.17) is 17.3 Å². The Hall–Kier alpha value is -0.730. The van der Waals surface area contributed by atoms with Crippen molar-refractivity contribution in [3.8, 4) is 5.75 Å². The maximum atomic E-state index is 9.31. The first kappa shape index (κ1) is 7.90. The second kappa shape index (κ2) is 2.64. The predicted octanol–water partition coefficient (Wildman–Crippen LogP) is 1.99. The summed E-state index contributed by atoms with van der Waals surface area (Å²) in [6.07, 6.45) is 1.92. The van der Waals surface area contributed by atoms with Crippen molar-refractivity contribution in [3.05, 3.63) is 28.3 Å². The zero-order chi connectivity index (χ0) is 8.72. The van der Waals surface area contributed by atoms with Crippen LogP contribution >= 0.6 is 11.6 Å². The second-order valence-corrected chi connectivity index (χ2v) is 3.55. The van der Waals surface area contributed by atoms with Crippen molar-refractivity contribution in [1.29, 1.82) is 0 Å². The summed E-state index contributed by atoms with van der Waals surface area (Å²) in [4.78, 5) is 0. The van der Waals surface area contributed by atoms with Crippen LogP contribution in [0.15, 0.2) is 12.1 Å². The van der Waals surface area contributed by atoms with E-state index in [9.17, 15) is 5.11 Å². The van der Waals surface area contributed by atoms with Gasteiger partial charge >= 0.3 is 0 Å². The summed E-state index contributed by atoms with van der Waals surface area (Å²) in [7, 11) is 0. The van der Waals surface area contributed by atoms with Gasteiger partial charge in [-0.25, -0.2) is 0 Å². The molecule has 1 aromatic carbocycles. The van der Waals surface area contributed by atoms with E-state index in [0.29, 0.717) is 5.02 Å². The number of nitrogens with two attached hydrogens (primary N) is 1. The van der Waals surface area contributed by atoms with Crippen LogP contribution < -0.4 is 5.73 Å². The summed E-state index contributed by atoms with van der Waals surface area (Å²) in [6.45, 7) is 0. The number of phenols is 1. The van der Waals surface area contributed by atoms with E-state index in [1.54, 1.807) is 12.1 Å². The van der Waals surface area contributed by atoms with Crippen molar-refractivity contribution in [2.75, 3.05) is 0 Å². The van der Waals surface area contributed by atoms with Crippen LogP contribution in [0.25, 0.3) is 0 Å². The first-order valence-corrected chi connectivity index (χ1v) is 4.33. The Balaban J connectivity index is 2.56. The highest BCUT2D eigenvalue weighted by Crippen LogP contribution is 2.35. The number of rotatable bonds is 0. The third-order valence-corrected chi connectivity index (χ3v) is 2.64. The largest absolute Gasteiger partial charge is 0.506 e. The topological polar surface area (TPSA) is 46.2 Å². The summed E-state index contributed by atoms with van der Waals surface area (Å²) < 4.78 is 0. The quantitative estimate of drug-likeness (QED) is 0.646. The average Bonchev–Trinajstić information content (AvgIpc) is 2.35. The molecule has 0 heterocycles. The molecule has 0 amide bonds. The molecule has 1 aliphatic carbocycles. The molecule has 0 bridgehead atoms. The Labute approximate surface area is 76.0 Å². The molecule has 1 atom stereocenters. The van der Waals surface area contributed by atoms with Crippen LogP contribution in [-0.4, -0.2) is 5.11 Å². The van der Waals surface area contributed by atoms with E-state index in [0.717, 1.165) is 18.4 Å². The third kappa shape index (κ3) is 1.08. The highest BCUT2D eigenvalue weighted by molar-refractivity contribution is 6.32. The number of halogens is 1. The lowest BCUT2D eigenvalue weighted by Crippen LogP contribution is -2.04. The molecule has 0 radical (unpaired) electrons. The smallest absolute Gasteiger partial charge is 0.134 e. The first-order valence-electron chi connectivity index (χ1n) is 3.95. The lowest BCUT2D eigenvalue weighted by molar-refractivity contribution is 0.474. The van der Waals surface area contributed by atoms with Crippen LogP contribution in [0.3, 0.4) is 0 Å². The van der Waals surface area contributed by atoms with Crippen molar-refractivity contribution < 1.29 is 5.11 Å². The Kier molecular flexibility index (Phi) is 1.74. The van der Waals surface area contributed by atoms with Gasteiger partial charge in [0.05, 0.1) is 5.02 Å². The maximum absolute atomic E-state index is 9.31. The van der Waals surface area contributed by atoms with Crippen LogP contribution in [0.5, 0.6) is 5.75 Å². The predicted molar refractivity (Wildman–Crippen MR) is 48.4 cm³/mol. The summed E-state index contributed by atoms with van der Waals surface area (Å²) in [5.41, 5.74) is 8.02. The Morgan fingerprint density at radius 1 is 1.50 bits per heavy atom. The molecule has 3 N–H and O–H groups in total. The molecule has 64 valence electrons. The molecule has 1 aliphatic rings. The molecule has 0 fully saturated rings. The van der Waals surface area contributed by atoms with E-state index in [1.807, 2.05) is 0 Å². The fraction of sp³-hybridized carbons (Fsp3) is 0.333. The van der Waals surface area contributed by atoms with Gasteiger partial charge in [-0.15, -0.1) is 0 Å². The highest BCUT2D eigenvalue weighted by atomic mass is 35.5. The molecule has 2 nitrogen and oxygen atoms in total. The van der Waals surface area contributed by atoms with Crippen molar-refractivity contribution in [3.63, 3.8) is 0 Å². The molecule has 3 heteroatoms. The fourth-order valence-corrected chi connectivity index (χ4v) is 1.83. The van der Waals surface area contributed by atoms with Gasteiger partial charge in [0.1, 0.15) is 5.75 Å². The molecule has 2 rings (SSSR count). The van der Waals surface area contributed by atoms with Gasteiger partial charge in [-0.05, 0) is 36.1 Å². The minimum atomic E-state index is 0.0724. The van der Waals surface area contributed by atoms with Gasteiger partial charge in [0.25, 0.3) is 0 Å². The standard InChI is InChI=1S/C9H10ClNO/c10-7-3-5-1-2-8(11)6(5)4-9(7)12/h3-4,8,12H,1-2,11H2/t8-/m0/s1. The summed E-state index contributed by atoms with van der Waals surface area (Å²) in [5, 5.41) is 9.73. The lowest BCUT2D eigenvalue weighted by atomic mass is 10.1. The molecule has 0 saturated heterocycles. The van der Waals surface area contributed by atoms with Gasteiger partial charge in [-0.2, -0.15) is 0 Å². The van der Waals surface area contributed by atoms with Crippen LogP contribution in [0.4, 0.5) is 0 Å². The zero-order valence-corrected chi connectivity index (χ0v) is 7.30. The van der Waals surface area contributed by atoms with E-state index in [2.05, 4.69) is 0 Å². The normalized spacial score (nSPS) is 21.0. The van der Waals surface area contributed by atoms with Crippen LogP contribution in [0.1, 0.15) is 23.6 Å². The number of phenolic OH excluding ortho intramolecular Hbond substituents is 1. The van der Waals surface area contributed by atoms with E-state index in [-0.39, 0.29) is 11.8 Å². The van der Waals surface area contributed by atoms with Crippen LogP contribution in [-0.2, 0) is 6.42 Å². The zero-order valence-electron chi connectivity index (χ0n) is 6.55. The molecular weight excluding hydrogens is 174 g/mol. The molecule has 1 aromatic rings. The maximum Gasteiger partial charge on any atom is 0.134 e. The van der Waals surface area contributed by atoms with Crippen LogP contribution in [0.2, 0.25) is 5.02 Å². The van der Waals surface area contributed by atoms with Gasteiger partial charge < -0.3 is 10.8 Å². The summed E-state index contributed by atoms with van der Waals surface area (Å²) >= 11 is 5.75. The van der Waals surface area contributed by atoms with Crippen molar-refractivity contribution in [1.82, 2.24) is 0 Å². The van der Waals surface area contributed by atoms with Crippen molar-refractivity contribution in [2.45, 2.75) is 18.9 Å². The monoisotopic (exact) mass is 183 g/mol. The number of hydrogen-bond acceptors (Lipinski definition) is 2. The molecular formula is C9H10ClNO. The third-order valence-electron chi connectivity index (χ3n) is 2.33. The van der Waals surface area contributed by atoms with Gasteiger partial charge in [0, 0.05) is 6.04 Å². The van der Waals surface area contributed by atoms with Gasteiger partial charge in [-0.3, -0.25) is 0 Å². The van der Waals surface area contributed by atoms with Gasteiger partial charge in [-0.1, -0.05) is 11.6 Å². The second-order valence-electron chi connectivity index (χ2n) is 3.15. The Bertz CT molecular complexity index is 325. The van der Waals surface area contributed by atoms with Gasteiger partial charge in [0.2, 0.25) is 0 Å². The molecule has 12 heavy (non-hydrogen) atoms. The van der Waals surface area contributed by atoms with Gasteiger partial charge in [0.15, 0.2) is 0 Å². The number of aryl methyl sites for hydroxylation is 1.